The zero-order valence-corrected chi connectivity index (χ0v) is 19.6. The Morgan fingerprint density at radius 3 is 2.71 bits per heavy atom. The van der Waals surface area contributed by atoms with E-state index in [1.165, 1.54) is 11.6 Å². The number of hydrogen-bond acceptors (Lipinski definition) is 3. The molecule has 1 fully saturated rings. The van der Waals surface area contributed by atoms with Gasteiger partial charge in [-0.25, -0.2) is 9.37 Å². The van der Waals surface area contributed by atoms with E-state index in [2.05, 4.69) is 15.6 Å². The molecule has 6 nitrogen and oxygen atoms in total. The molecular formula is C26H27ClFN3O3. The van der Waals surface area contributed by atoms with Crippen LogP contribution in [-0.4, -0.2) is 38.0 Å². The molecule has 0 unspecified atom stereocenters. The highest BCUT2D eigenvalue weighted by atomic mass is 35.5. The summed E-state index contributed by atoms with van der Waals surface area (Å²) in [5.74, 6) is -1.07. The lowest BCUT2D eigenvalue weighted by molar-refractivity contribution is -0.143. The minimum Gasteiger partial charge on any atom is -0.481 e. The van der Waals surface area contributed by atoms with E-state index >= 15 is 0 Å². The molecule has 1 N–H and O–H groups in total. The van der Waals surface area contributed by atoms with Gasteiger partial charge >= 0.3 is 5.97 Å². The van der Waals surface area contributed by atoms with Crippen molar-refractivity contribution >= 4 is 34.5 Å². The number of aromatic nitrogens is 2. The first-order valence-corrected chi connectivity index (χ1v) is 12.2. The number of carboxylic acids is 1. The molecule has 0 bridgehead atoms. The largest absolute Gasteiger partial charge is 0.481 e. The summed E-state index contributed by atoms with van der Waals surface area (Å²) in [6.07, 6.45) is 5.86. The van der Waals surface area contributed by atoms with Crippen LogP contribution in [0.4, 0.5) is 4.39 Å². The van der Waals surface area contributed by atoms with Crippen LogP contribution >= 0.6 is 11.6 Å². The molecule has 1 aromatic carbocycles. The number of amides is 1. The Labute approximate surface area is 202 Å². The predicted octanol–water partition coefficient (Wildman–Crippen LogP) is 5.04. The van der Waals surface area contributed by atoms with Gasteiger partial charge in [0.25, 0.3) is 0 Å². The van der Waals surface area contributed by atoms with E-state index in [-0.39, 0.29) is 22.8 Å². The maximum Gasteiger partial charge on any atom is 0.306 e. The van der Waals surface area contributed by atoms with Gasteiger partial charge in [0.05, 0.1) is 17.5 Å². The Morgan fingerprint density at radius 1 is 1.18 bits per heavy atom. The number of halogens is 2. The minimum absolute atomic E-state index is 0.0882. The van der Waals surface area contributed by atoms with E-state index in [0.29, 0.717) is 38.9 Å². The van der Waals surface area contributed by atoms with Gasteiger partial charge in [0, 0.05) is 36.8 Å². The van der Waals surface area contributed by atoms with Gasteiger partial charge in [0.1, 0.15) is 11.5 Å². The average Bonchev–Trinajstić information content (AvgIpc) is 3.15. The van der Waals surface area contributed by atoms with Crippen molar-refractivity contribution in [1.29, 1.82) is 0 Å². The standard InChI is InChI=1S/C26H27ClFN3O3/c27-21-12-17(5-8-22(21)28)14-31-23-15-30(11-9-19(23)20-2-1-10-29-25(20)31)24(32)13-16-3-6-18(7-4-16)26(33)34/h1-2,5,8,10,12,16,18H,3-4,6-7,9,11,13-15H2,(H,33,34). The fraction of sp³-hybridized carbons (Fsp3) is 0.423. The van der Waals surface area contributed by atoms with Crippen LogP contribution in [0, 0.1) is 17.7 Å². The lowest BCUT2D eigenvalue weighted by atomic mass is 9.80. The van der Waals surface area contributed by atoms with E-state index in [9.17, 15) is 19.1 Å². The van der Waals surface area contributed by atoms with Gasteiger partial charge in [-0.2, -0.15) is 0 Å². The van der Waals surface area contributed by atoms with Crippen molar-refractivity contribution in [3.05, 3.63) is 64.2 Å². The van der Waals surface area contributed by atoms with Crippen molar-refractivity contribution in [2.24, 2.45) is 11.8 Å². The van der Waals surface area contributed by atoms with Crippen molar-refractivity contribution in [3.8, 4) is 0 Å². The van der Waals surface area contributed by atoms with E-state index in [1.807, 2.05) is 11.0 Å². The first-order chi connectivity index (χ1) is 16.4. The number of pyridine rings is 1. The molecule has 34 heavy (non-hydrogen) atoms. The maximum absolute atomic E-state index is 13.7. The lowest BCUT2D eigenvalue weighted by Crippen LogP contribution is -2.38. The molecule has 0 atom stereocenters. The summed E-state index contributed by atoms with van der Waals surface area (Å²) >= 11 is 6.01. The molecule has 1 amide bonds. The number of carbonyl (C=O) groups excluding carboxylic acids is 1. The highest BCUT2D eigenvalue weighted by molar-refractivity contribution is 6.30. The Bertz CT molecular complexity index is 1250. The average molecular weight is 484 g/mol. The molecule has 3 heterocycles. The third-order valence-corrected chi connectivity index (χ3v) is 7.64. The van der Waals surface area contributed by atoms with Gasteiger partial charge in [-0.3, -0.25) is 9.59 Å². The second-order valence-corrected chi connectivity index (χ2v) is 9.87. The number of carbonyl (C=O) groups is 2. The normalized spacial score (nSPS) is 20.4. The third-order valence-electron chi connectivity index (χ3n) is 7.35. The van der Waals surface area contributed by atoms with Gasteiger partial charge in [-0.15, -0.1) is 0 Å². The molecule has 2 aromatic heterocycles. The fourth-order valence-electron chi connectivity index (χ4n) is 5.45. The van der Waals surface area contributed by atoms with E-state index in [4.69, 9.17) is 11.6 Å². The Balaban J connectivity index is 1.36. The molecule has 8 heteroatoms. The SMILES string of the molecule is O=C(O)C1CCC(CC(=O)N2CCc3c(n(Cc4ccc(F)c(Cl)c4)c4ncccc34)C2)CC1. The summed E-state index contributed by atoms with van der Waals surface area (Å²) in [6.45, 7) is 1.65. The first kappa shape index (κ1) is 22.8. The Hall–Kier alpha value is -2.93. The zero-order valence-electron chi connectivity index (χ0n) is 18.8. The van der Waals surface area contributed by atoms with Crippen molar-refractivity contribution < 1.29 is 19.1 Å². The number of nitrogens with zero attached hydrogens (tertiary/aromatic N) is 3. The molecule has 3 aromatic rings. The van der Waals surface area contributed by atoms with Gasteiger partial charge in [0.15, 0.2) is 0 Å². The number of benzene rings is 1. The molecule has 0 spiro atoms. The number of carboxylic acid groups (broad SMARTS) is 1. The van der Waals surface area contributed by atoms with Gasteiger partial charge in [0.2, 0.25) is 5.91 Å². The second kappa shape index (κ2) is 9.37. The van der Waals surface area contributed by atoms with Crippen molar-refractivity contribution in [3.63, 3.8) is 0 Å². The molecule has 0 saturated heterocycles. The number of hydrogen-bond donors (Lipinski definition) is 1. The van der Waals surface area contributed by atoms with Crippen LogP contribution in [0.1, 0.15) is 48.9 Å². The molecule has 1 aliphatic heterocycles. The van der Waals surface area contributed by atoms with Gasteiger partial charge in [-0.05, 0) is 73.4 Å². The molecular weight excluding hydrogens is 457 g/mol. The van der Waals surface area contributed by atoms with E-state index in [0.717, 1.165) is 41.6 Å². The fourth-order valence-corrected chi connectivity index (χ4v) is 5.66. The van der Waals surface area contributed by atoms with Crippen LogP contribution in [0.25, 0.3) is 11.0 Å². The Morgan fingerprint density at radius 2 is 1.97 bits per heavy atom. The summed E-state index contributed by atoms with van der Waals surface area (Å²) < 4.78 is 15.8. The van der Waals surface area contributed by atoms with Crippen molar-refractivity contribution in [2.45, 2.75) is 51.6 Å². The van der Waals surface area contributed by atoms with Crippen LogP contribution in [0.15, 0.2) is 36.5 Å². The number of aliphatic carboxylic acids is 1. The molecule has 1 aliphatic carbocycles. The van der Waals surface area contributed by atoms with Crippen molar-refractivity contribution in [2.75, 3.05) is 6.54 Å². The van der Waals surface area contributed by atoms with Gasteiger partial charge in [-0.1, -0.05) is 17.7 Å². The topological polar surface area (TPSA) is 75.4 Å². The number of fused-ring (bicyclic) bond motifs is 3. The molecule has 178 valence electrons. The summed E-state index contributed by atoms with van der Waals surface area (Å²) in [4.78, 5) is 30.9. The second-order valence-electron chi connectivity index (χ2n) is 9.46. The lowest BCUT2D eigenvalue weighted by Gasteiger charge is -2.31. The summed E-state index contributed by atoms with van der Waals surface area (Å²) in [7, 11) is 0. The minimum atomic E-state index is -0.725. The molecule has 5 rings (SSSR count). The first-order valence-electron chi connectivity index (χ1n) is 11.8. The number of rotatable bonds is 5. The molecule has 0 radical (unpaired) electrons. The van der Waals surface area contributed by atoms with Gasteiger partial charge < -0.3 is 14.6 Å². The smallest absolute Gasteiger partial charge is 0.306 e. The summed E-state index contributed by atoms with van der Waals surface area (Å²) in [5, 5.41) is 10.4. The van der Waals surface area contributed by atoms with E-state index in [1.54, 1.807) is 18.3 Å². The maximum atomic E-state index is 13.7. The van der Waals surface area contributed by atoms with Crippen LogP contribution in [0.3, 0.4) is 0 Å². The monoisotopic (exact) mass is 483 g/mol. The highest BCUT2D eigenvalue weighted by Crippen LogP contribution is 2.34. The van der Waals surface area contributed by atoms with Crippen LogP contribution in [-0.2, 0) is 29.1 Å². The third kappa shape index (κ3) is 4.41. The summed E-state index contributed by atoms with van der Waals surface area (Å²) in [5.41, 5.74) is 4.00. The zero-order chi connectivity index (χ0) is 23.8. The quantitative estimate of drug-likeness (QED) is 0.551. The summed E-state index contributed by atoms with van der Waals surface area (Å²) in [6, 6.07) is 8.72. The van der Waals surface area contributed by atoms with Crippen LogP contribution in [0.2, 0.25) is 5.02 Å². The Kier molecular flexibility index (Phi) is 6.30. The molecule has 1 saturated carbocycles. The van der Waals surface area contributed by atoms with Crippen molar-refractivity contribution in [1.82, 2.24) is 14.5 Å². The van der Waals surface area contributed by atoms with Crippen LogP contribution in [0.5, 0.6) is 0 Å². The van der Waals surface area contributed by atoms with E-state index < -0.39 is 11.8 Å². The van der Waals surface area contributed by atoms with Crippen LogP contribution < -0.4 is 0 Å². The molecule has 2 aliphatic rings. The predicted molar refractivity (Wildman–Crippen MR) is 127 cm³/mol. The highest BCUT2D eigenvalue weighted by Gasteiger charge is 2.31.